The van der Waals surface area contributed by atoms with Gasteiger partial charge in [0.2, 0.25) is 0 Å². The van der Waals surface area contributed by atoms with Gasteiger partial charge in [-0.05, 0) is 47.4 Å². The molecule has 1 saturated heterocycles. The first-order valence-electron chi connectivity index (χ1n) is 5.81. The molecule has 1 aromatic heterocycles. The van der Waals surface area contributed by atoms with Crippen molar-refractivity contribution in [3.63, 3.8) is 0 Å². The van der Waals surface area contributed by atoms with Gasteiger partial charge in [-0.3, -0.25) is 9.59 Å². The first-order valence-corrected chi connectivity index (χ1v) is 7.77. The summed E-state index contributed by atoms with van der Waals surface area (Å²) in [5.74, 6) is -0.651. The van der Waals surface area contributed by atoms with Gasteiger partial charge in [0.1, 0.15) is 0 Å². The molecule has 6 heteroatoms. The third kappa shape index (κ3) is 3.44. The van der Waals surface area contributed by atoms with Crippen LogP contribution in [0, 0.1) is 8.80 Å². The van der Waals surface area contributed by atoms with Gasteiger partial charge in [-0.25, -0.2) is 0 Å². The fourth-order valence-corrected chi connectivity index (χ4v) is 3.59. The second-order valence-corrected chi connectivity index (χ2v) is 7.30. The van der Waals surface area contributed by atoms with Crippen molar-refractivity contribution < 1.29 is 14.7 Å². The number of halogens is 1. The molecule has 2 heterocycles. The van der Waals surface area contributed by atoms with E-state index in [2.05, 4.69) is 22.6 Å². The molecule has 1 aliphatic rings. The van der Waals surface area contributed by atoms with E-state index in [1.807, 2.05) is 11.4 Å². The average molecular weight is 379 g/mol. The van der Waals surface area contributed by atoms with Crippen LogP contribution in [0.1, 0.15) is 29.6 Å². The van der Waals surface area contributed by atoms with Crippen molar-refractivity contribution in [1.82, 2.24) is 4.90 Å². The predicted molar refractivity (Wildman–Crippen MR) is 77.9 cm³/mol. The Morgan fingerprint density at radius 2 is 2.33 bits per heavy atom. The largest absolute Gasteiger partial charge is 0.481 e. The van der Waals surface area contributed by atoms with Crippen LogP contribution in [0.15, 0.2) is 11.4 Å². The molecule has 1 fully saturated rings. The Balaban J connectivity index is 2.00. The lowest BCUT2D eigenvalue weighted by Crippen LogP contribution is -2.40. The Bertz CT molecular complexity index is 460. The van der Waals surface area contributed by atoms with Gasteiger partial charge in [-0.15, -0.1) is 11.3 Å². The molecule has 1 atom stereocenters. The number of aliphatic carboxylic acids is 1. The van der Waals surface area contributed by atoms with E-state index in [9.17, 15) is 9.59 Å². The normalized spacial score (nSPS) is 19.8. The summed E-state index contributed by atoms with van der Waals surface area (Å²) in [7, 11) is 0. The molecule has 2 rings (SSSR count). The fraction of sp³-hybridized carbons (Fsp3) is 0.500. The average Bonchev–Trinajstić information content (AvgIpc) is 2.74. The van der Waals surface area contributed by atoms with E-state index in [-0.39, 0.29) is 18.2 Å². The molecule has 0 saturated carbocycles. The molecule has 1 N–H and O–H groups in total. The van der Waals surface area contributed by atoms with Crippen LogP contribution in [0.25, 0.3) is 0 Å². The fourth-order valence-electron chi connectivity index (χ4n) is 2.27. The van der Waals surface area contributed by atoms with Gasteiger partial charge in [-0.2, -0.15) is 0 Å². The molecule has 0 aromatic carbocycles. The summed E-state index contributed by atoms with van der Waals surface area (Å²) < 4.78 is 1.09. The summed E-state index contributed by atoms with van der Waals surface area (Å²) in [5, 5.41) is 10.7. The van der Waals surface area contributed by atoms with Gasteiger partial charge in [0.15, 0.2) is 0 Å². The third-order valence-corrected chi connectivity index (χ3v) is 4.87. The van der Waals surface area contributed by atoms with Gasteiger partial charge < -0.3 is 10.0 Å². The van der Waals surface area contributed by atoms with Crippen molar-refractivity contribution in [3.8, 4) is 0 Å². The van der Waals surface area contributed by atoms with E-state index in [0.717, 1.165) is 27.8 Å². The first kappa shape index (κ1) is 13.8. The quantitative estimate of drug-likeness (QED) is 0.822. The number of likely N-dealkylation sites (tertiary alicyclic amines) is 1. The lowest BCUT2D eigenvalue weighted by atomic mass is 9.94. The standard InChI is InChI=1S/C12H14INO3S/c13-10-5-9(7-18-10)12(17)14-3-1-2-8(6-14)4-11(15)16/h5,7-8H,1-4,6H2,(H,15,16). The minimum Gasteiger partial charge on any atom is -0.481 e. The molecule has 4 nitrogen and oxygen atoms in total. The monoisotopic (exact) mass is 379 g/mol. The van der Waals surface area contributed by atoms with E-state index >= 15 is 0 Å². The van der Waals surface area contributed by atoms with Crippen LogP contribution in [0.4, 0.5) is 0 Å². The van der Waals surface area contributed by atoms with E-state index in [0.29, 0.717) is 6.54 Å². The molecule has 1 unspecified atom stereocenters. The van der Waals surface area contributed by atoms with Crippen LogP contribution in [0.2, 0.25) is 0 Å². The van der Waals surface area contributed by atoms with Crippen LogP contribution in [-0.2, 0) is 4.79 Å². The highest BCUT2D eigenvalue weighted by molar-refractivity contribution is 14.1. The summed E-state index contributed by atoms with van der Waals surface area (Å²) >= 11 is 3.75. The van der Waals surface area contributed by atoms with Crippen LogP contribution in [0.5, 0.6) is 0 Å². The maximum atomic E-state index is 12.2. The van der Waals surface area contributed by atoms with Crippen LogP contribution in [-0.4, -0.2) is 35.0 Å². The minimum atomic E-state index is -0.778. The molecular weight excluding hydrogens is 365 g/mol. The van der Waals surface area contributed by atoms with E-state index in [1.54, 1.807) is 16.2 Å². The summed E-state index contributed by atoms with van der Waals surface area (Å²) in [6.45, 7) is 1.30. The molecule has 0 bridgehead atoms. The number of piperidine rings is 1. The number of carboxylic acid groups (broad SMARTS) is 1. The van der Waals surface area contributed by atoms with Crippen LogP contribution < -0.4 is 0 Å². The number of carbonyl (C=O) groups is 2. The van der Waals surface area contributed by atoms with Gasteiger partial charge >= 0.3 is 5.97 Å². The highest BCUT2D eigenvalue weighted by Gasteiger charge is 2.26. The Labute approximate surface area is 123 Å². The number of nitrogens with zero attached hydrogens (tertiary/aromatic N) is 1. The zero-order chi connectivity index (χ0) is 13.1. The molecule has 98 valence electrons. The zero-order valence-corrected chi connectivity index (χ0v) is 12.7. The van der Waals surface area contributed by atoms with Gasteiger partial charge in [0, 0.05) is 24.9 Å². The number of rotatable bonds is 3. The van der Waals surface area contributed by atoms with Crippen molar-refractivity contribution in [3.05, 3.63) is 19.9 Å². The number of hydrogen-bond acceptors (Lipinski definition) is 3. The van der Waals surface area contributed by atoms with Crippen LogP contribution >= 0.6 is 33.9 Å². The molecule has 0 spiro atoms. The highest BCUT2D eigenvalue weighted by Crippen LogP contribution is 2.23. The first-order chi connectivity index (χ1) is 8.56. The van der Waals surface area contributed by atoms with Crippen molar-refractivity contribution >= 4 is 45.8 Å². The lowest BCUT2D eigenvalue weighted by Gasteiger charge is -2.31. The number of carboxylic acids is 1. The molecule has 1 amide bonds. The second-order valence-electron chi connectivity index (χ2n) is 4.50. The maximum absolute atomic E-state index is 12.2. The smallest absolute Gasteiger partial charge is 0.303 e. The van der Waals surface area contributed by atoms with Gasteiger partial charge in [0.25, 0.3) is 5.91 Å². The third-order valence-electron chi connectivity index (χ3n) is 3.08. The zero-order valence-electron chi connectivity index (χ0n) is 9.76. The van der Waals surface area contributed by atoms with E-state index < -0.39 is 5.97 Å². The van der Waals surface area contributed by atoms with E-state index in [1.165, 1.54) is 0 Å². The Hall–Kier alpha value is -0.630. The Kier molecular flexibility index (Phi) is 4.60. The second kappa shape index (κ2) is 6.01. The summed E-state index contributed by atoms with van der Waals surface area (Å²) in [6.07, 6.45) is 1.95. The molecule has 1 aromatic rings. The number of amides is 1. The number of thiophene rings is 1. The summed E-state index contributed by atoms with van der Waals surface area (Å²) in [4.78, 5) is 24.7. The lowest BCUT2D eigenvalue weighted by molar-refractivity contribution is -0.138. The van der Waals surface area contributed by atoms with Crippen molar-refractivity contribution in [2.75, 3.05) is 13.1 Å². The van der Waals surface area contributed by atoms with Crippen LogP contribution in [0.3, 0.4) is 0 Å². The minimum absolute atomic E-state index is 0.0317. The van der Waals surface area contributed by atoms with Gasteiger partial charge in [-0.1, -0.05) is 0 Å². The highest BCUT2D eigenvalue weighted by atomic mass is 127. The van der Waals surface area contributed by atoms with Crippen molar-refractivity contribution in [1.29, 1.82) is 0 Å². The maximum Gasteiger partial charge on any atom is 0.303 e. The summed E-state index contributed by atoms with van der Waals surface area (Å²) in [6, 6.07) is 1.88. The van der Waals surface area contributed by atoms with Crippen molar-refractivity contribution in [2.45, 2.75) is 19.3 Å². The SMILES string of the molecule is O=C(O)CC1CCCN(C(=O)c2csc(I)c2)C1. The molecule has 0 aliphatic carbocycles. The van der Waals surface area contributed by atoms with Gasteiger partial charge in [0.05, 0.1) is 8.45 Å². The van der Waals surface area contributed by atoms with Crippen molar-refractivity contribution in [2.24, 2.45) is 5.92 Å². The molecule has 18 heavy (non-hydrogen) atoms. The number of hydrogen-bond donors (Lipinski definition) is 1. The molecule has 1 aliphatic heterocycles. The molecule has 0 radical (unpaired) electrons. The topological polar surface area (TPSA) is 57.6 Å². The molecular formula is C12H14INO3S. The number of carbonyl (C=O) groups excluding carboxylic acids is 1. The summed E-state index contributed by atoms with van der Waals surface area (Å²) in [5.41, 5.74) is 0.723. The Morgan fingerprint density at radius 1 is 1.56 bits per heavy atom. The van der Waals surface area contributed by atoms with E-state index in [4.69, 9.17) is 5.11 Å². The predicted octanol–water partition coefficient (Wildman–Crippen LogP) is 2.68. The Morgan fingerprint density at radius 3 is 2.94 bits per heavy atom.